The molecule has 3 amide bonds. The summed E-state index contributed by atoms with van der Waals surface area (Å²) in [5.74, 6) is -2.02. The molecule has 1 saturated heterocycles. The number of rotatable bonds is 4. The highest BCUT2D eigenvalue weighted by Crippen LogP contribution is 2.47. The molecule has 2 heterocycles. The fourth-order valence-electron chi connectivity index (χ4n) is 6.14. The van der Waals surface area contributed by atoms with Gasteiger partial charge in [-0.2, -0.15) is 26.3 Å². The normalized spacial score (nSPS) is 16.9. The van der Waals surface area contributed by atoms with Crippen LogP contribution in [-0.2, 0) is 27.4 Å². The second kappa shape index (κ2) is 12.8. The maximum atomic E-state index is 14.6. The Labute approximate surface area is 306 Å². The van der Waals surface area contributed by atoms with Gasteiger partial charge in [0.2, 0.25) is 0 Å². The fraction of sp³-hybridized carbons (Fsp3) is 0.256. The van der Waals surface area contributed by atoms with Crippen LogP contribution in [0.2, 0.25) is 5.02 Å². The van der Waals surface area contributed by atoms with Gasteiger partial charge >= 0.3 is 12.4 Å². The summed E-state index contributed by atoms with van der Waals surface area (Å²) >= 11 is 12.8. The molecule has 5 rings (SSSR count). The van der Waals surface area contributed by atoms with Crippen molar-refractivity contribution in [3.05, 3.63) is 123 Å². The molecule has 0 saturated carbocycles. The number of hydrogen-bond donors (Lipinski definition) is 0. The lowest BCUT2D eigenvalue weighted by molar-refractivity contribution is -0.142. The largest absolute Gasteiger partial charge is 0.417 e. The van der Waals surface area contributed by atoms with E-state index in [0.717, 1.165) is 39.6 Å². The zero-order valence-electron chi connectivity index (χ0n) is 28.8. The van der Waals surface area contributed by atoms with Gasteiger partial charge in [0.05, 0.1) is 28.0 Å². The lowest BCUT2D eigenvalue weighted by Gasteiger charge is -2.29. The minimum atomic E-state index is -5.12. The Kier molecular flexibility index (Phi) is 9.51. The maximum Gasteiger partial charge on any atom is 0.417 e. The molecule has 0 aliphatic carbocycles. The average Bonchev–Trinajstić information content (AvgIpc) is 3.39. The fourth-order valence-corrected chi connectivity index (χ4v) is 6.59. The van der Waals surface area contributed by atoms with Gasteiger partial charge in [0, 0.05) is 38.5 Å². The number of carbonyl (C=O) groups is 3. The lowest BCUT2D eigenvalue weighted by Crippen LogP contribution is -2.45. The summed E-state index contributed by atoms with van der Waals surface area (Å²) in [7, 11) is 0. The van der Waals surface area contributed by atoms with E-state index < -0.39 is 63.3 Å². The van der Waals surface area contributed by atoms with Crippen molar-refractivity contribution in [3.63, 3.8) is 0 Å². The van der Waals surface area contributed by atoms with E-state index >= 15 is 0 Å². The van der Waals surface area contributed by atoms with E-state index in [1.165, 1.54) is 24.3 Å². The number of likely N-dealkylation sites (tertiary alicyclic amines) is 1. The summed E-state index contributed by atoms with van der Waals surface area (Å²) < 4.78 is 86.7. The summed E-state index contributed by atoms with van der Waals surface area (Å²) in [5.41, 5.74) is -4.29. The van der Waals surface area contributed by atoms with Gasteiger partial charge in [-0.25, -0.2) is 0 Å². The highest BCUT2D eigenvalue weighted by molar-refractivity contribution is 6.36. The summed E-state index contributed by atoms with van der Waals surface area (Å²) in [6.45, 7) is 17.7. The smallest absolute Gasteiger partial charge is 0.277 e. The van der Waals surface area contributed by atoms with Crippen LogP contribution in [0.3, 0.4) is 0 Å². The number of anilines is 1. The standard InChI is InChI=1S/C39H32Cl2F6N2O3/c1-19-26(35(52)49(33(19)50)37(6,7)8)13-21(18-40)28-16-29-27(17-32(28)41)20(2)48(34(29)51)23-10-12-25(31(15-23)39(45,46)47)24-11-9-22(36(3,4)5)14-30(24)38(42,43)44/h9-18H,1-2H2,3-8H3/b21-18-,26-13+. The minimum absolute atomic E-state index is 0.0260. The van der Waals surface area contributed by atoms with Crippen LogP contribution < -0.4 is 4.90 Å². The molecule has 0 N–H and O–H groups in total. The van der Waals surface area contributed by atoms with Crippen LogP contribution in [0.25, 0.3) is 22.4 Å². The molecule has 13 heteroatoms. The van der Waals surface area contributed by atoms with E-state index in [1.807, 2.05) is 0 Å². The third-order valence-corrected chi connectivity index (χ3v) is 9.34. The first kappa shape index (κ1) is 38.6. The predicted octanol–water partition coefficient (Wildman–Crippen LogP) is 11.2. The number of alkyl halides is 6. The molecule has 272 valence electrons. The third kappa shape index (κ3) is 6.72. The quantitative estimate of drug-likeness (QED) is 0.151. The lowest BCUT2D eigenvalue weighted by atomic mass is 9.83. The van der Waals surface area contributed by atoms with Gasteiger partial charge in [-0.05, 0) is 84.9 Å². The number of amides is 3. The monoisotopic (exact) mass is 760 g/mol. The number of fused-ring (bicyclic) bond motifs is 1. The van der Waals surface area contributed by atoms with Crippen LogP contribution in [0.1, 0.15) is 79.7 Å². The topological polar surface area (TPSA) is 57.7 Å². The molecule has 0 radical (unpaired) electrons. The molecule has 0 bridgehead atoms. The highest BCUT2D eigenvalue weighted by Gasteiger charge is 2.44. The van der Waals surface area contributed by atoms with E-state index in [4.69, 9.17) is 23.2 Å². The number of hydrogen-bond acceptors (Lipinski definition) is 3. The van der Waals surface area contributed by atoms with Crippen LogP contribution in [0.5, 0.6) is 0 Å². The number of imide groups is 1. The van der Waals surface area contributed by atoms with E-state index in [2.05, 4.69) is 13.2 Å². The van der Waals surface area contributed by atoms with Gasteiger partial charge < -0.3 is 0 Å². The van der Waals surface area contributed by atoms with E-state index in [-0.39, 0.29) is 55.4 Å². The molecule has 2 aliphatic heterocycles. The molecule has 2 aliphatic rings. The highest BCUT2D eigenvalue weighted by atomic mass is 35.5. The molecular formula is C39H32Cl2F6N2O3. The second-order valence-corrected chi connectivity index (χ2v) is 15.0. The van der Waals surface area contributed by atoms with Crippen molar-refractivity contribution in [2.24, 2.45) is 0 Å². The molecule has 3 aromatic rings. The third-order valence-electron chi connectivity index (χ3n) is 8.79. The van der Waals surface area contributed by atoms with Crippen LogP contribution in [-0.4, -0.2) is 28.2 Å². The van der Waals surface area contributed by atoms with Crippen LogP contribution in [0.4, 0.5) is 32.0 Å². The van der Waals surface area contributed by atoms with Crippen molar-refractivity contribution in [1.29, 1.82) is 0 Å². The van der Waals surface area contributed by atoms with Crippen molar-refractivity contribution in [3.8, 4) is 11.1 Å². The number of carbonyl (C=O) groups excluding carboxylic acids is 3. The molecular weight excluding hydrogens is 729 g/mol. The Morgan fingerprint density at radius 2 is 1.27 bits per heavy atom. The van der Waals surface area contributed by atoms with Gasteiger partial charge in [0.1, 0.15) is 0 Å². The van der Waals surface area contributed by atoms with Crippen molar-refractivity contribution < 1.29 is 40.7 Å². The number of benzene rings is 3. The van der Waals surface area contributed by atoms with Crippen molar-refractivity contribution in [1.82, 2.24) is 4.90 Å². The van der Waals surface area contributed by atoms with Gasteiger partial charge in [-0.3, -0.25) is 24.2 Å². The molecule has 0 unspecified atom stereocenters. The first-order valence-electron chi connectivity index (χ1n) is 15.7. The van der Waals surface area contributed by atoms with Gasteiger partial charge in [0.25, 0.3) is 17.7 Å². The summed E-state index contributed by atoms with van der Waals surface area (Å²) in [6, 6.07) is 8.54. The van der Waals surface area contributed by atoms with E-state index in [1.54, 1.807) is 41.5 Å². The van der Waals surface area contributed by atoms with Crippen LogP contribution in [0.15, 0.2) is 84.4 Å². The Bertz CT molecular complexity index is 2170. The zero-order chi connectivity index (χ0) is 39.0. The first-order chi connectivity index (χ1) is 23.8. The average molecular weight is 762 g/mol. The van der Waals surface area contributed by atoms with Gasteiger partial charge in [-0.15, -0.1) is 0 Å². The molecule has 52 heavy (non-hydrogen) atoms. The molecule has 5 nitrogen and oxygen atoms in total. The molecule has 3 aromatic carbocycles. The number of allylic oxidation sites excluding steroid dienone is 2. The maximum absolute atomic E-state index is 14.6. The van der Waals surface area contributed by atoms with Crippen LogP contribution in [0, 0.1) is 0 Å². The van der Waals surface area contributed by atoms with Crippen LogP contribution >= 0.6 is 23.2 Å². The molecule has 0 atom stereocenters. The van der Waals surface area contributed by atoms with Crippen molar-refractivity contribution in [2.75, 3.05) is 4.90 Å². The Balaban J connectivity index is 1.59. The predicted molar refractivity (Wildman–Crippen MR) is 191 cm³/mol. The van der Waals surface area contributed by atoms with Gasteiger partial charge in [-0.1, -0.05) is 75.3 Å². The summed E-state index contributed by atoms with van der Waals surface area (Å²) in [5, 5.41) is 0.0260. The number of nitrogens with zero attached hydrogens (tertiary/aromatic N) is 2. The molecule has 0 aromatic heterocycles. The van der Waals surface area contributed by atoms with E-state index in [0.29, 0.717) is 6.07 Å². The summed E-state index contributed by atoms with van der Waals surface area (Å²) in [6.07, 6.45) is -8.79. The zero-order valence-corrected chi connectivity index (χ0v) is 30.3. The van der Waals surface area contributed by atoms with Crippen molar-refractivity contribution in [2.45, 2.75) is 64.8 Å². The Morgan fingerprint density at radius 1 is 0.712 bits per heavy atom. The molecule has 1 fully saturated rings. The summed E-state index contributed by atoms with van der Waals surface area (Å²) in [4.78, 5) is 41.9. The van der Waals surface area contributed by atoms with E-state index in [9.17, 15) is 40.7 Å². The Morgan fingerprint density at radius 3 is 1.77 bits per heavy atom. The second-order valence-electron chi connectivity index (χ2n) is 14.4. The van der Waals surface area contributed by atoms with Gasteiger partial charge in [0.15, 0.2) is 0 Å². The molecule has 0 spiro atoms. The number of halogens is 8. The SMILES string of the molecule is C=C1C(=O)N(C(C)(C)C)C(=O)/C1=C/C(=C/Cl)c1cc2c(cc1Cl)C(=C)N(c1ccc(-c3ccc(C(C)(C)C)cc3C(F)(F)F)c(C(F)(F)F)c1)C2=O. The first-order valence-corrected chi connectivity index (χ1v) is 16.5. The minimum Gasteiger partial charge on any atom is -0.277 e. The Hall–Kier alpha value is -4.61. The van der Waals surface area contributed by atoms with Crippen molar-refractivity contribution >= 4 is 57.9 Å².